The van der Waals surface area contributed by atoms with E-state index in [1.807, 2.05) is 13.0 Å². The number of rotatable bonds is 4. The number of aliphatic hydroxyl groups excluding tert-OH is 1. The first-order chi connectivity index (χ1) is 8.67. The van der Waals surface area contributed by atoms with Crippen LogP contribution in [-0.2, 0) is 4.79 Å². The Bertz CT molecular complexity index is 546. The average Bonchev–Trinajstić information content (AvgIpc) is 2.86. The summed E-state index contributed by atoms with van der Waals surface area (Å²) in [6.07, 6.45) is 1.99. The number of hydrogen-bond acceptors (Lipinski definition) is 4. The van der Waals surface area contributed by atoms with Crippen molar-refractivity contribution in [1.29, 1.82) is 0 Å². The van der Waals surface area contributed by atoms with Gasteiger partial charge in [-0.3, -0.25) is 4.79 Å². The molecule has 2 aromatic rings. The quantitative estimate of drug-likeness (QED) is 0.896. The zero-order valence-electron chi connectivity index (χ0n) is 10.5. The van der Waals surface area contributed by atoms with E-state index in [1.165, 1.54) is 11.3 Å². The number of aliphatic hydroxyl groups is 1. The molecule has 1 aromatic heterocycles. The van der Waals surface area contributed by atoms with E-state index in [-0.39, 0.29) is 18.4 Å². The highest BCUT2D eigenvalue weighted by Gasteiger charge is 2.20. The molecule has 0 aliphatic rings. The molecule has 1 heterocycles. The Morgan fingerprint density at radius 2 is 2.33 bits per heavy atom. The molecular formula is C13H16N2O3. The van der Waals surface area contributed by atoms with Crippen molar-refractivity contribution in [3.63, 3.8) is 0 Å². The number of hydrogen-bond donors (Lipinski definition) is 1. The Labute approximate surface area is 105 Å². The Morgan fingerprint density at radius 3 is 3.00 bits per heavy atom. The summed E-state index contributed by atoms with van der Waals surface area (Å²) in [6.45, 7) is 1.75. The van der Waals surface area contributed by atoms with Gasteiger partial charge in [-0.25, -0.2) is 4.98 Å². The molecule has 2 rings (SSSR count). The van der Waals surface area contributed by atoms with Crippen LogP contribution < -0.4 is 4.90 Å². The lowest BCUT2D eigenvalue weighted by molar-refractivity contribution is -0.123. The molecule has 1 atom stereocenters. The minimum Gasteiger partial charge on any atom is -0.443 e. The predicted octanol–water partition coefficient (Wildman–Crippen LogP) is 1.81. The second-order valence-corrected chi connectivity index (χ2v) is 4.19. The van der Waals surface area contributed by atoms with E-state index < -0.39 is 0 Å². The number of benzene rings is 1. The Kier molecular flexibility index (Phi) is 3.62. The molecule has 0 aliphatic carbocycles. The number of aromatic nitrogens is 1. The molecule has 0 bridgehead atoms. The molecule has 0 fully saturated rings. The first-order valence-electron chi connectivity index (χ1n) is 5.89. The van der Waals surface area contributed by atoms with Crippen molar-refractivity contribution in [3.8, 4) is 0 Å². The van der Waals surface area contributed by atoms with Crippen LogP contribution in [0.2, 0.25) is 0 Å². The van der Waals surface area contributed by atoms with Crippen molar-refractivity contribution < 1.29 is 14.3 Å². The molecular weight excluding hydrogens is 232 g/mol. The van der Waals surface area contributed by atoms with Crippen LogP contribution >= 0.6 is 0 Å². The number of anilines is 1. The van der Waals surface area contributed by atoms with Gasteiger partial charge in [-0.2, -0.15) is 0 Å². The summed E-state index contributed by atoms with van der Waals surface area (Å²) < 4.78 is 5.20. The van der Waals surface area contributed by atoms with Gasteiger partial charge in [0.1, 0.15) is 5.52 Å². The molecule has 0 radical (unpaired) electrons. The lowest BCUT2D eigenvalue weighted by Crippen LogP contribution is -2.34. The van der Waals surface area contributed by atoms with E-state index in [4.69, 9.17) is 9.52 Å². The third-order valence-electron chi connectivity index (χ3n) is 3.10. The van der Waals surface area contributed by atoms with Crippen LogP contribution in [0.15, 0.2) is 29.0 Å². The van der Waals surface area contributed by atoms with E-state index in [9.17, 15) is 4.79 Å². The molecule has 0 saturated carbocycles. The van der Waals surface area contributed by atoms with E-state index >= 15 is 0 Å². The molecule has 96 valence electrons. The molecule has 5 heteroatoms. The fourth-order valence-corrected chi connectivity index (χ4v) is 1.84. The molecule has 0 spiro atoms. The van der Waals surface area contributed by atoms with Crippen molar-refractivity contribution in [2.45, 2.75) is 13.3 Å². The second-order valence-electron chi connectivity index (χ2n) is 4.19. The average molecular weight is 248 g/mol. The van der Waals surface area contributed by atoms with Gasteiger partial charge < -0.3 is 14.4 Å². The van der Waals surface area contributed by atoms with Crippen LogP contribution in [-0.4, -0.2) is 29.7 Å². The number of nitrogens with zero attached hydrogens (tertiary/aromatic N) is 2. The predicted molar refractivity (Wildman–Crippen MR) is 68.3 cm³/mol. The number of fused-ring (bicyclic) bond motifs is 1. The number of amides is 1. The lowest BCUT2D eigenvalue weighted by atomic mass is 10.1. The lowest BCUT2D eigenvalue weighted by Gasteiger charge is -2.21. The molecule has 1 N–H and O–H groups in total. The highest BCUT2D eigenvalue weighted by molar-refractivity contribution is 5.96. The zero-order chi connectivity index (χ0) is 13.1. The summed E-state index contributed by atoms with van der Waals surface area (Å²) in [5.41, 5.74) is 2.13. The minimum atomic E-state index is -0.361. The normalized spacial score (nSPS) is 12.6. The number of carbonyl (C=O) groups excluding carboxylic acids is 1. The molecule has 1 unspecified atom stereocenters. The van der Waals surface area contributed by atoms with E-state index in [0.29, 0.717) is 12.0 Å². The SMILES string of the molecule is CCC(CO)C(=O)N(C)c1ccc2ncoc2c1. The maximum Gasteiger partial charge on any atom is 0.232 e. The first-order valence-corrected chi connectivity index (χ1v) is 5.89. The van der Waals surface area contributed by atoms with E-state index in [1.54, 1.807) is 19.2 Å². The first kappa shape index (κ1) is 12.6. The third-order valence-corrected chi connectivity index (χ3v) is 3.10. The topological polar surface area (TPSA) is 66.6 Å². The maximum atomic E-state index is 12.1. The highest BCUT2D eigenvalue weighted by atomic mass is 16.3. The highest BCUT2D eigenvalue weighted by Crippen LogP contribution is 2.22. The summed E-state index contributed by atoms with van der Waals surface area (Å²) >= 11 is 0. The third kappa shape index (κ3) is 2.22. The van der Waals surface area contributed by atoms with Gasteiger partial charge in [-0.05, 0) is 18.6 Å². The number of oxazole rings is 1. The summed E-state index contributed by atoms with van der Waals surface area (Å²) in [5.74, 6) is -0.459. The molecule has 18 heavy (non-hydrogen) atoms. The van der Waals surface area contributed by atoms with E-state index in [0.717, 1.165) is 11.2 Å². The molecule has 1 amide bonds. The fraction of sp³-hybridized carbons (Fsp3) is 0.385. The van der Waals surface area contributed by atoms with Crippen LogP contribution in [0.25, 0.3) is 11.1 Å². The van der Waals surface area contributed by atoms with Gasteiger partial charge in [0.25, 0.3) is 0 Å². The van der Waals surface area contributed by atoms with Crippen molar-refractivity contribution >= 4 is 22.7 Å². The Balaban J connectivity index is 2.26. The molecule has 0 saturated heterocycles. The Morgan fingerprint density at radius 1 is 1.56 bits per heavy atom. The van der Waals surface area contributed by atoms with Crippen molar-refractivity contribution in [2.24, 2.45) is 5.92 Å². The zero-order valence-corrected chi connectivity index (χ0v) is 10.5. The fourth-order valence-electron chi connectivity index (χ4n) is 1.84. The molecule has 0 aliphatic heterocycles. The number of carbonyl (C=O) groups is 1. The minimum absolute atomic E-state index is 0.0983. The van der Waals surface area contributed by atoms with Gasteiger partial charge in [0.05, 0.1) is 12.5 Å². The Hall–Kier alpha value is -1.88. The van der Waals surface area contributed by atoms with Gasteiger partial charge in [0.2, 0.25) is 5.91 Å². The van der Waals surface area contributed by atoms with Crippen LogP contribution in [0, 0.1) is 5.92 Å². The largest absolute Gasteiger partial charge is 0.443 e. The van der Waals surface area contributed by atoms with E-state index in [2.05, 4.69) is 4.98 Å². The standard InChI is InChI=1S/C13H16N2O3/c1-3-9(7-16)13(17)15(2)10-4-5-11-12(6-10)18-8-14-11/h4-6,8-9,16H,3,7H2,1-2H3. The van der Waals surface area contributed by atoms with Gasteiger partial charge >= 0.3 is 0 Å². The van der Waals surface area contributed by atoms with Crippen LogP contribution in [0.5, 0.6) is 0 Å². The van der Waals surface area contributed by atoms with Crippen molar-refractivity contribution in [1.82, 2.24) is 4.98 Å². The van der Waals surface area contributed by atoms with Crippen molar-refractivity contribution in [2.75, 3.05) is 18.6 Å². The summed E-state index contributed by atoms with van der Waals surface area (Å²) in [7, 11) is 1.69. The summed E-state index contributed by atoms with van der Waals surface area (Å²) in [6, 6.07) is 5.38. The smallest absolute Gasteiger partial charge is 0.232 e. The molecule has 5 nitrogen and oxygen atoms in total. The summed E-state index contributed by atoms with van der Waals surface area (Å²) in [5, 5.41) is 9.15. The summed E-state index contributed by atoms with van der Waals surface area (Å²) in [4.78, 5) is 17.7. The van der Waals surface area contributed by atoms with Gasteiger partial charge in [0, 0.05) is 18.8 Å². The van der Waals surface area contributed by atoms with Gasteiger partial charge in [-0.1, -0.05) is 6.92 Å². The molecule has 1 aromatic carbocycles. The van der Waals surface area contributed by atoms with Crippen molar-refractivity contribution in [3.05, 3.63) is 24.6 Å². The van der Waals surface area contributed by atoms with Crippen LogP contribution in [0.1, 0.15) is 13.3 Å². The monoisotopic (exact) mass is 248 g/mol. The second kappa shape index (κ2) is 5.18. The van der Waals surface area contributed by atoms with Crippen LogP contribution in [0.4, 0.5) is 5.69 Å². The van der Waals surface area contributed by atoms with Crippen LogP contribution in [0.3, 0.4) is 0 Å². The van der Waals surface area contributed by atoms with Gasteiger partial charge in [-0.15, -0.1) is 0 Å². The maximum absolute atomic E-state index is 12.1. The van der Waals surface area contributed by atoms with Gasteiger partial charge in [0.15, 0.2) is 12.0 Å².